The number of carbonyl (C=O) groups is 1. The molecule has 2 atom stereocenters. The Morgan fingerprint density at radius 2 is 1.97 bits per heavy atom. The van der Waals surface area contributed by atoms with Crippen LogP contribution < -0.4 is 20.7 Å². The van der Waals surface area contributed by atoms with E-state index in [0.717, 1.165) is 0 Å². The van der Waals surface area contributed by atoms with E-state index in [4.69, 9.17) is 9.84 Å². The van der Waals surface area contributed by atoms with Crippen molar-refractivity contribution >= 4 is 23.0 Å². The number of rotatable bonds is 8. The highest BCUT2D eigenvalue weighted by Crippen LogP contribution is 2.39. The van der Waals surface area contributed by atoms with Gasteiger partial charge in [0.05, 0.1) is 29.7 Å². The standard InChI is InChI=1S/C23H22F2N4O4/c24-21(25)16-6-1-2-7-17(16)22-28-19-10-26-9-18(20(19)29-22)23(32)27-13-4-3-5-15(8-13)33-12-14(31)11-30/h1-10,14,21-22,28-31H,11-12H2,(H,27,32). The van der Waals surface area contributed by atoms with Crippen LogP contribution in [-0.2, 0) is 0 Å². The van der Waals surface area contributed by atoms with E-state index in [-0.39, 0.29) is 17.7 Å². The zero-order valence-electron chi connectivity index (χ0n) is 17.3. The first-order chi connectivity index (χ1) is 16.0. The van der Waals surface area contributed by atoms with Gasteiger partial charge in [-0.05, 0) is 12.1 Å². The third-order valence-corrected chi connectivity index (χ3v) is 5.07. The van der Waals surface area contributed by atoms with Gasteiger partial charge in [-0.3, -0.25) is 9.78 Å². The zero-order valence-corrected chi connectivity index (χ0v) is 17.3. The minimum Gasteiger partial charge on any atom is -0.491 e. The molecule has 1 aliphatic rings. The summed E-state index contributed by atoms with van der Waals surface area (Å²) < 4.78 is 32.3. The summed E-state index contributed by atoms with van der Waals surface area (Å²) in [5.41, 5.74) is 1.93. The van der Waals surface area contributed by atoms with Crippen LogP contribution in [0.25, 0.3) is 0 Å². The van der Waals surface area contributed by atoms with Crippen LogP contribution in [0, 0.1) is 0 Å². The summed E-state index contributed by atoms with van der Waals surface area (Å²) in [5, 5.41) is 27.3. The average Bonchev–Trinajstić information content (AvgIpc) is 3.27. The van der Waals surface area contributed by atoms with Crippen LogP contribution in [0.5, 0.6) is 5.75 Å². The summed E-state index contributed by atoms with van der Waals surface area (Å²) in [6.07, 6.45) is -1.38. The van der Waals surface area contributed by atoms with Crippen molar-refractivity contribution in [1.82, 2.24) is 4.98 Å². The fraction of sp³-hybridized carbons (Fsp3) is 0.217. The quantitative estimate of drug-likeness (QED) is 0.352. The zero-order chi connectivity index (χ0) is 23.4. The maximum atomic E-state index is 13.4. The Morgan fingerprint density at radius 1 is 1.15 bits per heavy atom. The molecule has 2 aromatic carbocycles. The van der Waals surface area contributed by atoms with Gasteiger partial charge >= 0.3 is 0 Å². The molecule has 10 heteroatoms. The number of aliphatic hydroxyl groups excluding tert-OH is 2. The van der Waals surface area contributed by atoms with Gasteiger partial charge in [-0.1, -0.05) is 30.3 Å². The van der Waals surface area contributed by atoms with E-state index in [9.17, 15) is 18.7 Å². The fourth-order valence-corrected chi connectivity index (χ4v) is 3.47. The van der Waals surface area contributed by atoms with Gasteiger partial charge in [0.1, 0.15) is 24.6 Å². The number of fused-ring (bicyclic) bond motifs is 1. The van der Waals surface area contributed by atoms with Crippen molar-refractivity contribution in [3.8, 4) is 5.75 Å². The first kappa shape index (κ1) is 22.4. The number of aliphatic hydroxyl groups is 2. The number of hydrogen-bond donors (Lipinski definition) is 5. The summed E-state index contributed by atoms with van der Waals surface area (Å²) >= 11 is 0. The summed E-state index contributed by atoms with van der Waals surface area (Å²) in [4.78, 5) is 17.1. The molecule has 0 saturated heterocycles. The maximum absolute atomic E-state index is 13.4. The van der Waals surface area contributed by atoms with Gasteiger partial charge in [0, 0.05) is 29.1 Å². The molecule has 0 radical (unpaired) electrons. The second kappa shape index (κ2) is 9.80. The van der Waals surface area contributed by atoms with E-state index < -0.39 is 31.2 Å². The van der Waals surface area contributed by atoms with Crippen LogP contribution in [0.15, 0.2) is 60.9 Å². The molecule has 172 valence electrons. The molecule has 4 rings (SSSR count). The van der Waals surface area contributed by atoms with E-state index in [0.29, 0.717) is 28.4 Å². The molecule has 0 spiro atoms. The third-order valence-electron chi connectivity index (χ3n) is 5.07. The van der Waals surface area contributed by atoms with Crippen molar-refractivity contribution in [2.45, 2.75) is 18.7 Å². The molecule has 0 bridgehead atoms. The summed E-state index contributed by atoms with van der Waals surface area (Å²) in [6, 6.07) is 12.8. The Labute approximate surface area is 188 Å². The van der Waals surface area contributed by atoms with Crippen LogP contribution in [0.4, 0.5) is 25.8 Å². The molecule has 0 saturated carbocycles. The number of aromatic nitrogens is 1. The highest BCUT2D eigenvalue weighted by molar-refractivity contribution is 6.10. The Morgan fingerprint density at radius 3 is 2.76 bits per heavy atom. The van der Waals surface area contributed by atoms with Gasteiger partial charge in [0.25, 0.3) is 12.3 Å². The van der Waals surface area contributed by atoms with Crippen LogP contribution in [0.2, 0.25) is 0 Å². The molecule has 5 N–H and O–H groups in total. The molecule has 1 amide bonds. The number of ether oxygens (including phenoxy) is 1. The Balaban J connectivity index is 1.51. The van der Waals surface area contributed by atoms with Crippen molar-refractivity contribution in [1.29, 1.82) is 0 Å². The lowest BCUT2D eigenvalue weighted by molar-refractivity contribution is 0.0536. The van der Waals surface area contributed by atoms with E-state index in [1.165, 1.54) is 18.5 Å². The Kier molecular flexibility index (Phi) is 6.66. The number of alkyl halides is 2. The van der Waals surface area contributed by atoms with Crippen molar-refractivity contribution in [2.24, 2.45) is 0 Å². The minimum absolute atomic E-state index is 0.0961. The predicted molar refractivity (Wildman–Crippen MR) is 119 cm³/mol. The molecular weight excluding hydrogens is 434 g/mol. The second-order valence-electron chi connectivity index (χ2n) is 7.39. The fourth-order valence-electron chi connectivity index (χ4n) is 3.47. The molecule has 0 aliphatic carbocycles. The van der Waals surface area contributed by atoms with E-state index in [2.05, 4.69) is 20.9 Å². The number of carbonyl (C=O) groups excluding carboxylic acids is 1. The van der Waals surface area contributed by atoms with E-state index in [1.807, 2.05) is 0 Å². The minimum atomic E-state index is -2.64. The van der Waals surface area contributed by atoms with Crippen LogP contribution in [0.1, 0.15) is 34.1 Å². The lowest BCUT2D eigenvalue weighted by Crippen LogP contribution is -2.21. The number of benzene rings is 2. The van der Waals surface area contributed by atoms with Gasteiger partial charge in [-0.25, -0.2) is 8.78 Å². The van der Waals surface area contributed by atoms with Crippen molar-refractivity contribution < 1.29 is 28.5 Å². The molecule has 3 aromatic rings. The molecule has 1 aliphatic heterocycles. The lowest BCUT2D eigenvalue weighted by atomic mass is 10.1. The topological polar surface area (TPSA) is 116 Å². The van der Waals surface area contributed by atoms with E-state index >= 15 is 0 Å². The first-order valence-electron chi connectivity index (χ1n) is 10.2. The van der Waals surface area contributed by atoms with Gasteiger partial charge in [0.2, 0.25) is 0 Å². The highest BCUT2D eigenvalue weighted by Gasteiger charge is 2.29. The van der Waals surface area contributed by atoms with Gasteiger partial charge in [-0.15, -0.1) is 0 Å². The van der Waals surface area contributed by atoms with Crippen molar-refractivity contribution in [2.75, 3.05) is 29.2 Å². The molecule has 2 unspecified atom stereocenters. The Bertz CT molecular complexity index is 1140. The number of amides is 1. The summed E-state index contributed by atoms with van der Waals surface area (Å²) in [6.45, 7) is -0.520. The molecule has 33 heavy (non-hydrogen) atoms. The maximum Gasteiger partial charge on any atom is 0.264 e. The average molecular weight is 456 g/mol. The number of hydrogen-bond acceptors (Lipinski definition) is 7. The molecule has 0 fully saturated rings. The van der Waals surface area contributed by atoms with Crippen LogP contribution in [-0.4, -0.2) is 40.4 Å². The summed E-state index contributed by atoms with van der Waals surface area (Å²) in [5.74, 6) is -0.0517. The normalized spacial score (nSPS) is 15.4. The van der Waals surface area contributed by atoms with Crippen molar-refractivity contribution in [3.63, 3.8) is 0 Å². The SMILES string of the molecule is O=C(Nc1cccc(OCC(O)CO)c1)c1cncc2c1NC(c1ccccc1C(F)F)N2. The predicted octanol–water partition coefficient (Wildman–Crippen LogP) is 3.54. The van der Waals surface area contributed by atoms with Crippen LogP contribution in [0.3, 0.4) is 0 Å². The number of halogens is 2. The Hall–Kier alpha value is -3.76. The summed E-state index contributed by atoms with van der Waals surface area (Å²) in [7, 11) is 0. The molecular formula is C23H22F2N4O4. The molecule has 1 aromatic heterocycles. The number of pyridine rings is 1. The second-order valence-corrected chi connectivity index (χ2v) is 7.39. The largest absolute Gasteiger partial charge is 0.491 e. The highest BCUT2D eigenvalue weighted by atomic mass is 19.3. The number of anilines is 3. The van der Waals surface area contributed by atoms with Gasteiger partial charge < -0.3 is 30.9 Å². The van der Waals surface area contributed by atoms with E-state index in [1.54, 1.807) is 42.5 Å². The molecule has 2 heterocycles. The molecule has 8 nitrogen and oxygen atoms in total. The smallest absolute Gasteiger partial charge is 0.264 e. The number of nitrogens with one attached hydrogen (secondary N) is 3. The first-order valence-corrected chi connectivity index (χ1v) is 10.2. The van der Waals surface area contributed by atoms with Gasteiger partial charge in [-0.2, -0.15) is 0 Å². The monoisotopic (exact) mass is 456 g/mol. The third kappa shape index (κ3) is 5.02. The van der Waals surface area contributed by atoms with Crippen molar-refractivity contribution in [3.05, 3.63) is 77.6 Å². The van der Waals surface area contributed by atoms with Crippen LogP contribution >= 0.6 is 0 Å². The van der Waals surface area contributed by atoms with Gasteiger partial charge in [0.15, 0.2) is 0 Å². The number of nitrogens with zero attached hydrogens (tertiary/aromatic N) is 1. The lowest BCUT2D eigenvalue weighted by Gasteiger charge is -2.17.